The number of rotatable bonds is 3. The Kier molecular flexibility index (Phi) is 4.50. The van der Waals surface area contributed by atoms with Crippen LogP contribution in [0.5, 0.6) is 0 Å². The molecule has 148 valence electrons. The van der Waals surface area contributed by atoms with Crippen molar-refractivity contribution in [3.63, 3.8) is 0 Å². The summed E-state index contributed by atoms with van der Waals surface area (Å²) >= 11 is 0. The van der Waals surface area contributed by atoms with Gasteiger partial charge in [-0.25, -0.2) is 0 Å². The number of nitrogens with zero attached hydrogens (tertiary/aromatic N) is 1. The Labute approximate surface area is 162 Å². The Bertz CT molecular complexity index is 1020. The molecule has 0 aliphatic carbocycles. The van der Waals surface area contributed by atoms with Gasteiger partial charge in [-0.2, -0.15) is 0 Å². The summed E-state index contributed by atoms with van der Waals surface area (Å²) < 4.78 is 0. The third kappa shape index (κ3) is 3.20. The molecule has 1 amide bonds. The van der Waals surface area contributed by atoms with E-state index in [1.807, 2.05) is 19.9 Å². The number of carbonyl (C=O) groups is 2. The molecule has 0 bridgehead atoms. The number of aromatic amines is 1. The second kappa shape index (κ2) is 6.74. The molecule has 1 aromatic carbocycles. The number of aromatic nitrogens is 1. The van der Waals surface area contributed by atoms with Crippen LogP contribution in [0, 0.1) is 19.8 Å². The van der Waals surface area contributed by atoms with Crippen LogP contribution in [0.2, 0.25) is 0 Å². The molecule has 2 fully saturated rings. The Morgan fingerprint density at radius 2 is 1.93 bits per heavy atom. The minimum Gasteiger partial charge on any atom is -0.481 e. The van der Waals surface area contributed by atoms with Gasteiger partial charge < -0.3 is 15.4 Å². The molecular weight excluding hydrogens is 358 g/mol. The van der Waals surface area contributed by atoms with Gasteiger partial charge in [0.1, 0.15) is 0 Å². The number of benzene rings is 1. The van der Waals surface area contributed by atoms with E-state index in [0.29, 0.717) is 37.9 Å². The number of fused-ring (bicyclic) bond motifs is 1. The van der Waals surface area contributed by atoms with Crippen molar-refractivity contribution < 1.29 is 14.7 Å². The van der Waals surface area contributed by atoms with Crippen molar-refractivity contribution in [2.75, 3.05) is 13.1 Å². The maximum atomic E-state index is 12.6. The predicted octanol–water partition coefficient (Wildman–Crippen LogP) is 1.70. The number of H-pyrrole nitrogens is 1. The van der Waals surface area contributed by atoms with E-state index in [1.165, 1.54) is 0 Å². The molecule has 2 aliphatic rings. The van der Waals surface area contributed by atoms with Crippen LogP contribution in [-0.2, 0) is 16.1 Å². The molecule has 0 saturated carbocycles. The molecule has 3 heterocycles. The van der Waals surface area contributed by atoms with Crippen molar-refractivity contribution in [2.45, 2.75) is 45.2 Å². The number of likely N-dealkylation sites (tertiary alicyclic amines) is 1. The van der Waals surface area contributed by atoms with Gasteiger partial charge >= 0.3 is 5.97 Å². The SMILES string of the molecule is Cc1cc(C)c2[nH]c(CN3CCC4(CC3)NC(=O)CC4C(=O)O)cc(=O)c2c1. The van der Waals surface area contributed by atoms with Crippen LogP contribution in [0.3, 0.4) is 0 Å². The molecule has 2 aromatic rings. The first-order valence-corrected chi connectivity index (χ1v) is 9.67. The number of aliphatic carboxylic acids is 1. The summed E-state index contributed by atoms with van der Waals surface area (Å²) in [7, 11) is 0. The van der Waals surface area contributed by atoms with Crippen molar-refractivity contribution in [2.24, 2.45) is 5.92 Å². The number of hydrogen-bond donors (Lipinski definition) is 3. The predicted molar refractivity (Wildman–Crippen MR) is 105 cm³/mol. The molecular formula is C21H25N3O4. The fourth-order valence-electron chi connectivity index (χ4n) is 4.79. The standard InChI is InChI=1S/C21H25N3O4/c1-12-7-13(2)19-15(8-12)17(25)9-14(22-19)11-24-5-3-21(4-6-24)16(20(27)28)10-18(26)23-21/h7-9,16H,3-6,10-11H2,1-2H3,(H,22,25)(H,23,26)(H,27,28). The Hall–Kier alpha value is -2.67. The van der Waals surface area contributed by atoms with Crippen molar-refractivity contribution >= 4 is 22.8 Å². The maximum absolute atomic E-state index is 12.6. The Balaban J connectivity index is 1.52. The van der Waals surface area contributed by atoms with Crippen LogP contribution in [0.4, 0.5) is 0 Å². The van der Waals surface area contributed by atoms with Gasteiger partial charge in [-0.05, 0) is 43.9 Å². The van der Waals surface area contributed by atoms with Gasteiger partial charge in [0, 0.05) is 43.2 Å². The van der Waals surface area contributed by atoms with E-state index in [-0.39, 0.29) is 17.8 Å². The number of amides is 1. The second-order valence-electron chi connectivity index (χ2n) is 8.24. The van der Waals surface area contributed by atoms with Gasteiger partial charge in [-0.3, -0.25) is 19.3 Å². The van der Waals surface area contributed by atoms with Crippen LogP contribution >= 0.6 is 0 Å². The molecule has 1 unspecified atom stereocenters. The maximum Gasteiger partial charge on any atom is 0.309 e. The number of pyridine rings is 1. The van der Waals surface area contributed by atoms with E-state index in [0.717, 1.165) is 22.3 Å². The molecule has 4 rings (SSSR count). The summed E-state index contributed by atoms with van der Waals surface area (Å²) in [4.78, 5) is 41.5. The first kappa shape index (κ1) is 18.7. The van der Waals surface area contributed by atoms with Crippen LogP contribution in [0.1, 0.15) is 36.1 Å². The van der Waals surface area contributed by atoms with Crippen molar-refractivity contribution in [3.05, 3.63) is 45.2 Å². The largest absolute Gasteiger partial charge is 0.481 e. The van der Waals surface area contributed by atoms with Gasteiger partial charge in [0.2, 0.25) is 5.91 Å². The monoisotopic (exact) mass is 383 g/mol. The van der Waals surface area contributed by atoms with Gasteiger partial charge in [0.05, 0.1) is 17.0 Å². The smallest absolute Gasteiger partial charge is 0.309 e. The lowest BCUT2D eigenvalue weighted by Gasteiger charge is -2.41. The summed E-state index contributed by atoms with van der Waals surface area (Å²) in [5.41, 5.74) is 3.21. The summed E-state index contributed by atoms with van der Waals surface area (Å²) in [6.07, 6.45) is 1.27. The van der Waals surface area contributed by atoms with E-state index in [2.05, 4.69) is 21.3 Å². The highest BCUT2D eigenvalue weighted by molar-refractivity contribution is 5.88. The second-order valence-corrected chi connectivity index (χ2v) is 8.24. The topological polar surface area (TPSA) is 102 Å². The molecule has 1 spiro atoms. The normalized spacial score (nSPS) is 21.9. The van der Waals surface area contributed by atoms with Crippen LogP contribution in [0.15, 0.2) is 23.0 Å². The highest BCUT2D eigenvalue weighted by Gasteiger charge is 2.51. The van der Waals surface area contributed by atoms with Gasteiger partial charge in [0.15, 0.2) is 5.43 Å². The fraction of sp³-hybridized carbons (Fsp3) is 0.476. The fourth-order valence-corrected chi connectivity index (χ4v) is 4.79. The molecule has 2 aliphatic heterocycles. The first-order chi connectivity index (χ1) is 13.3. The first-order valence-electron chi connectivity index (χ1n) is 9.67. The van der Waals surface area contributed by atoms with Crippen LogP contribution in [0.25, 0.3) is 10.9 Å². The lowest BCUT2D eigenvalue weighted by molar-refractivity contribution is -0.144. The molecule has 7 heteroatoms. The highest BCUT2D eigenvalue weighted by atomic mass is 16.4. The number of carboxylic acid groups (broad SMARTS) is 1. The lowest BCUT2D eigenvalue weighted by Crippen LogP contribution is -2.55. The minimum atomic E-state index is -0.906. The van der Waals surface area contributed by atoms with Crippen molar-refractivity contribution in [1.82, 2.24) is 15.2 Å². The number of piperidine rings is 1. The van der Waals surface area contributed by atoms with Crippen molar-refractivity contribution in [1.29, 1.82) is 0 Å². The molecule has 0 radical (unpaired) electrons. The Morgan fingerprint density at radius 3 is 2.61 bits per heavy atom. The summed E-state index contributed by atoms with van der Waals surface area (Å²) in [6, 6.07) is 5.62. The van der Waals surface area contributed by atoms with Crippen LogP contribution in [-0.4, -0.2) is 45.5 Å². The average Bonchev–Trinajstić information content (AvgIpc) is 2.95. The van der Waals surface area contributed by atoms with Crippen molar-refractivity contribution in [3.8, 4) is 0 Å². The lowest BCUT2D eigenvalue weighted by atomic mass is 9.77. The van der Waals surface area contributed by atoms with E-state index >= 15 is 0 Å². The third-order valence-electron chi connectivity index (χ3n) is 6.22. The molecule has 3 N–H and O–H groups in total. The van der Waals surface area contributed by atoms with E-state index in [4.69, 9.17) is 0 Å². The number of nitrogens with one attached hydrogen (secondary N) is 2. The summed E-state index contributed by atoms with van der Waals surface area (Å²) in [6.45, 7) is 5.93. The van der Waals surface area contributed by atoms with Gasteiger partial charge in [0.25, 0.3) is 0 Å². The van der Waals surface area contributed by atoms with E-state index < -0.39 is 17.4 Å². The summed E-state index contributed by atoms with van der Waals surface area (Å²) in [5.74, 6) is -1.74. The average molecular weight is 383 g/mol. The Morgan fingerprint density at radius 1 is 1.21 bits per heavy atom. The third-order valence-corrected chi connectivity index (χ3v) is 6.22. The molecule has 2 saturated heterocycles. The number of carbonyl (C=O) groups excluding carboxylic acids is 1. The van der Waals surface area contributed by atoms with Gasteiger partial charge in [-0.1, -0.05) is 6.07 Å². The molecule has 1 atom stereocenters. The zero-order valence-corrected chi connectivity index (χ0v) is 16.2. The summed E-state index contributed by atoms with van der Waals surface area (Å²) in [5, 5.41) is 13.1. The van der Waals surface area contributed by atoms with E-state index in [9.17, 15) is 19.5 Å². The zero-order valence-electron chi connectivity index (χ0n) is 16.2. The van der Waals surface area contributed by atoms with Gasteiger partial charge in [-0.15, -0.1) is 0 Å². The quantitative estimate of drug-likeness (QED) is 0.749. The molecule has 1 aromatic heterocycles. The number of carboxylic acids is 1. The number of aryl methyl sites for hydroxylation is 2. The van der Waals surface area contributed by atoms with Crippen LogP contribution < -0.4 is 10.7 Å². The van der Waals surface area contributed by atoms with E-state index in [1.54, 1.807) is 6.07 Å². The number of hydrogen-bond acceptors (Lipinski definition) is 4. The zero-order chi connectivity index (χ0) is 20.1. The molecule has 28 heavy (non-hydrogen) atoms. The minimum absolute atomic E-state index is 0.0121. The molecule has 7 nitrogen and oxygen atoms in total. The highest BCUT2D eigenvalue weighted by Crippen LogP contribution is 2.37.